The van der Waals surface area contributed by atoms with Gasteiger partial charge in [0, 0.05) is 23.4 Å². The highest BCUT2D eigenvalue weighted by molar-refractivity contribution is 8.00. The maximum Gasteiger partial charge on any atom is 0.0284 e. The van der Waals surface area contributed by atoms with Gasteiger partial charge in [0.15, 0.2) is 0 Å². The van der Waals surface area contributed by atoms with Crippen molar-refractivity contribution in [1.82, 2.24) is 10.2 Å². The number of nitrogens with zero attached hydrogens (tertiary/aromatic N) is 1. The zero-order valence-corrected chi connectivity index (χ0v) is 11.8. The van der Waals surface area contributed by atoms with Crippen LogP contribution in [0.1, 0.15) is 39.0 Å². The Bertz CT molecular complexity index is 222. The molecule has 0 aromatic heterocycles. The van der Waals surface area contributed by atoms with Crippen LogP contribution in [0.3, 0.4) is 0 Å². The minimum atomic E-state index is 0.612. The number of thioether (sulfide) groups is 1. The van der Waals surface area contributed by atoms with Crippen LogP contribution in [0, 0.1) is 0 Å². The summed E-state index contributed by atoms with van der Waals surface area (Å²) in [6, 6.07) is 1.51. The summed E-state index contributed by atoms with van der Waals surface area (Å²) in [5, 5.41) is 3.43. The summed E-state index contributed by atoms with van der Waals surface area (Å²) in [6.07, 6.45) is 9.26. The smallest absolute Gasteiger partial charge is 0.0284 e. The van der Waals surface area contributed by atoms with E-state index in [0.29, 0.717) is 4.75 Å². The molecule has 0 aromatic carbocycles. The highest BCUT2D eigenvalue weighted by Gasteiger charge is 2.39. The second kappa shape index (κ2) is 5.28. The Balaban J connectivity index is 1.86. The van der Waals surface area contributed by atoms with Crippen molar-refractivity contribution in [3.63, 3.8) is 0 Å². The van der Waals surface area contributed by atoms with E-state index >= 15 is 0 Å². The van der Waals surface area contributed by atoms with Crippen molar-refractivity contribution in [3.05, 3.63) is 0 Å². The lowest BCUT2D eigenvalue weighted by Crippen LogP contribution is -2.53. The van der Waals surface area contributed by atoms with Gasteiger partial charge < -0.3 is 5.32 Å². The predicted octanol–water partition coefficient (Wildman–Crippen LogP) is 2.34. The fraction of sp³-hybridized carbons (Fsp3) is 1.00. The van der Waals surface area contributed by atoms with Gasteiger partial charge >= 0.3 is 0 Å². The van der Waals surface area contributed by atoms with Gasteiger partial charge in [-0.1, -0.05) is 6.42 Å². The Morgan fingerprint density at radius 2 is 2.19 bits per heavy atom. The van der Waals surface area contributed by atoms with Gasteiger partial charge in [-0.15, -0.1) is 0 Å². The van der Waals surface area contributed by atoms with Crippen LogP contribution < -0.4 is 5.32 Å². The van der Waals surface area contributed by atoms with Crippen molar-refractivity contribution < 1.29 is 0 Å². The summed E-state index contributed by atoms with van der Waals surface area (Å²) < 4.78 is 0.612. The first kappa shape index (κ1) is 12.7. The maximum absolute atomic E-state index is 3.43. The standard InChI is InChI=1S/C13H26N2S/c1-11-9-12(14-2)5-8-15(11)10-13(16-3)6-4-7-13/h11-12,14H,4-10H2,1-3H3. The van der Waals surface area contributed by atoms with Crippen LogP contribution in [-0.2, 0) is 0 Å². The summed E-state index contributed by atoms with van der Waals surface area (Å²) in [7, 11) is 2.10. The summed E-state index contributed by atoms with van der Waals surface area (Å²) in [6.45, 7) is 5.01. The molecular weight excluding hydrogens is 216 g/mol. The zero-order valence-electron chi connectivity index (χ0n) is 11.0. The Morgan fingerprint density at radius 3 is 2.62 bits per heavy atom. The summed E-state index contributed by atoms with van der Waals surface area (Å²) >= 11 is 2.10. The fourth-order valence-electron chi connectivity index (χ4n) is 3.09. The molecule has 16 heavy (non-hydrogen) atoms. The zero-order chi connectivity index (χ0) is 11.6. The van der Waals surface area contributed by atoms with Gasteiger partial charge in [0.2, 0.25) is 0 Å². The molecule has 2 rings (SSSR count). The Labute approximate surface area is 105 Å². The first-order valence-electron chi connectivity index (χ1n) is 6.65. The third kappa shape index (κ3) is 2.57. The molecule has 2 nitrogen and oxygen atoms in total. The molecule has 1 aliphatic carbocycles. The Hall–Kier alpha value is 0.270. The van der Waals surface area contributed by atoms with E-state index in [1.165, 1.54) is 45.2 Å². The van der Waals surface area contributed by atoms with E-state index in [4.69, 9.17) is 0 Å². The van der Waals surface area contributed by atoms with Crippen molar-refractivity contribution in [2.24, 2.45) is 0 Å². The summed E-state index contributed by atoms with van der Waals surface area (Å²) in [5.41, 5.74) is 0. The van der Waals surface area contributed by atoms with Gasteiger partial charge in [0.25, 0.3) is 0 Å². The van der Waals surface area contributed by atoms with Crippen molar-refractivity contribution >= 4 is 11.8 Å². The molecule has 1 N–H and O–H groups in total. The molecule has 1 heterocycles. The second-order valence-electron chi connectivity index (χ2n) is 5.57. The molecule has 0 radical (unpaired) electrons. The molecule has 2 unspecified atom stereocenters. The van der Waals surface area contributed by atoms with Gasteiger partial charge in [-0.05, 0) is 52.5 Å². The van der Waals surface area contributed by atoms with Crippen LogP contribution in [0.25, 0.3) is 0 Å². The third-order valence-corrected chi connectivity index (χ3v) is 6.01. The van der Waals surface area contributed by atoms with Gasteiger partial charge in [-0.25, -0.2) is 0 Å². The Morgan fingerprint density at radius 1 is 1.44 bits per heavy atom. The van der Waals surface area contributed by atoms with Crippen molar-refractivity contribution in [3.8, 4) is 0 Å². The first-order valence-corrected chi connectivity index (χ1v) is 7.88. The number of hydrogen-bond acceptors (Lipinski definition) is 3. The van der Waals surface area contributed by atoms with Gasteiger partial charge in [0.1, 0.15) is 0 Å². The van der Waals surface area contributed by atoms with E-state index in [0.717, 1.165) is 12.1 Å². The molecule has 0 spiro atoms. The average molecular weight is 242 g/mol. The molecule has 2 aliphatic rings. The quantitative estimate of drug-likeness (QED) is 0.814. The highest BCUT2D eigenvalue weighted by atomic mass is 32.2. The lowest BCUT2D eigenvalue weighted by Gasteiger charge is -2.47. The Kier molecular flexibility index (Phi) is 4.20. The average Bonchev–Trinajstić information content (AvgIpc) is 2.25. The van der Waals surface area contributed by atoms with Crippen LogP contribution in [0.4, 0.5) is 0 Å². The molecule has 1 saturated heterocycles. The normalized spacial score (nSPS) is 34.7. The van der Waals surface area contributed by atoms with Crippen molar-refractivity contribution in [2.75, 3.05) is 26.4 Å². The van der Waals surface area contributed by atoms with E-state index in [1.54, 1.807) is 0 Å². The van der Waals surface area contributed by atoms with E-state index in [-0.39, 0.29) is 0 Å². The minimum Gasteiger partial charge on any atom is -0.317 e. The van der Waals surface area contributed by atoms with E-state index in [9.17, 15) is 0 Å². The molecule has 0 amide bonds. The number of hydrogen-bond donors (Lipinski definition) is 1. The van der Waals surface area contributed by atoms with Crippen molar-refractivity contribution in [1.29, 1.82) is 0 Å². The molecule has 94 valence electrons. The van der Waals surface area contributed by atoms with Crippen LogP contribution in [0.15, 0.2) is 0 Å². The number of nitrogens with one attached hydrogen (secondary N) is 1. The van der Waals surface area contributed by atoms with Crippen molar-refractivity contribution in [2.45, 2.75) is 55.9 Å². The first-order chi connectivity index (χ1) is 7.69. The fourth-order valence-corrected chi connectivity index (χ4v) is 4.08. The molecule has 2 fully saturated rings. The topological polar surface area (TPSA) is 15.3 Å². The molecule has 0 bridgehead atoms. The summed E-state index contributed by atoms with van der Waals surface area (Å²) in [4.78, 5) is 2.73. The molecule has 2 atom stereocenters. The second-order valence-corrected chi connectivity index (χ2v) is 6.84. The SMILES string of the molecule is CNC1CCN(CC2(SC)CCC2)C(C)C1. The lowest BCUT2D eigenvalue weighted by molar-refractivity contribution is 0.108. The van der Waals surface area contributed by atoms with Gasteiger partial charge in [-0.3, -0.25) is 4.90 Å². The largest absolute Gasteiger partial charge is 0.317 e. The van der Waals surface area contributed by atoms with Crippen LogP contribution in [-0.4, -0.2) is 48.1 Å². The van der Waals surface area contributed by atoms with E-state index < -0.39 is 0 Å². The number of rotatable bonds is 4. The van der Waals surface area contributed by atoms with Gasteiger partial charge in [-0.2, -0.15) is 11.8 Å². The minimum absolute atomic E-state index is 0.612. The van der Waals surface area contributed by atoms with E-state index in [1.807, 2.05) is 0 Å². The molecular formula is C13H26N2S. The molecule has 1 saturated carbocycles. The van der Waals surface area contributed by atoms with E-state index in [2.05, 4.69) is 42.2 Å². The van der Waals surface area contributed by atoms with Crippen LogP contribution in [0.2, 0.25) is 0 Å². The monoisotopic (exact) mass is 242 g/mol. The number of likely N-dealkylation sites (tertiary alicyclic amines) is 1. The molecule has 1 aliphatic heterocycles. The third-order valence-electron chi connectivity index (χ3n) is 4.61. The molecule has 0 aromatic rings. The maximum atomic E-state index is 3.43. The van der Waals surface area contributed by atoms with Crippen LogP contribution in [0.5, 0.6) is 0 Å². The van der Waals surface area contributed by atoms with Gasteiger partial charge in [0.05, 0.1) is 0 Å². The summed E-state index contributed by atoms with van der Waals surface area (Å²) in [5.74, 6) is 0. The lowest BCUT2D eigenvalue weighted by atomic mass is 9.82. The molecule has 3 heteroatoms. The van der Waals surface area contributed by atoms with Crippen LogP contribution >= 0.6 is 11.8 Å². The highest BCUT2D eigenvalue weighted by Crippen LogP contribution is 2.44. The number of piperidine rings is 1. The predicted molar refractivity (Wildman–Crippen MR) is 73.2 cm³/mol.